The minimum atomic E-state index is -0.888. The highest BCUT2D eigenvalue weighted by Crippen LogP contribution is 2.30. The van der Waals surface area contributed by atoms with E-state index in [-0.39, 0.29) is 24.9 Å². The molecule has 0 aromatic heterocycles. The maximum atomic E-state index is 11.5. The average molecular weight is 264 g/mol. The zero-order chi connectivity index (χ0) is 13.8. The number of rotatable bonds is 4. The predicted octanol–water partition coefficient (Wildman–Crippen LogP) is 0.475. The number of hydrogen-bond donors (Lipinski definition) is 2. The number of ether oxygens (including phenoxy) is 1. The molecule has 0 spiro atoms. The second-order valence-corrected chi connectivity index (χ2v) is 4.36. The number of benzene rings is 1. The maximum Gasteiger partial charge on any atom is 0.305 e. The van der Waals surface area contributed by atoms with E-state index >= 15 is 0 Å². The van der Waals surface area contributed by atoms with Gasteiger partial charge in [-0.25, -0.2) is 0 Å². The van der Waals surface area contributed by atoms with E-state index in [1.54, 1.807) is 18.1 Å². The Hall–Kier alpha value is -2.24. The molecule has 6 heteroatoms. The van der Waals surface area contributed by atoms with Crippen LogP contribution in [0, 0.1) is 0 Å². The van der Waals surface area contributed by atoms with Gasteiger partial charge in [-0.1, -0.05) is 12.1 Å². The van der Waals surface area contributed by atoms with Crippen LogP contribution in [-0.2, 0) is 9.59 Å². The highest BCUT2D eigenvalue weighted by molar-refractivity contribution is 5.84. The third kappa shape index (κ3) is 2.96. The van der Waals surface area contributed by atoms with Crippen LogP contribution < -0.4 is 15.0 Å². The summed E-state index contributed by atoms with van der Waals surface area (Å²) in [6, 6.07) is 7.01. The molecule has 1 aromatic carbocycles. The number of nitrogens with one attached hydrogen (secondary N) is 1. The van der Waals surface area contributed by atoms with Gasteiger partial charge in [-0.2, -0.15) is 0 Å². The maximum absolute atomic E-state index is 11.5. The minimum Gasteiger partial charge on any atom is -0.495 e. The summed E-state index contributed by atoms with van der Waals surface area (Å²) in [7, 11) is 1.55. The van der Waals surface area contributed by atoms with Gasteiger partial charge in [0.1, 0.15) is 5.75 Å². The zero-order valence-corrected chi connectivity index (χ0v) is 10.6. The molecular formula is C13H16N2O4. The average Bonchev–Trinajstić information content (AvgIpc) is 2.40. The van der Waals surface area contributed by atoms with Crippen molar-refractivity contribution in [3.8, 4) is 5.75 Å². The molecule has 1 saturated heterocycles. The SMILES string of the molecule is COc1ccccc1N1CC(=O)NCC1CC(=O)O. The Kier molecular flexibility index (Phi) is 3.89. The van der Waals surface area contributed by atoms with E-state index in [1.807, 2.05) is 18.2 Å². The normalized spacial score (nSPS) is 18.9. The van der Waals surface area contributed by atoms with E-state index in [4.69, 9.17) is 9.84 Å². The Morgan fingerprint density at radius 3 is 2.95 bits per heavy atom. The van der Waals surface area contributed by atoms with Crippen LogP contribution in [0.3, 0.4) is 0 Å². The number of piperazine rings is 1. The number of aliphatic carboxylic acids is 1. The summed E-state index contributed by atoms with van der Waals surface area (Å²) >= 11 is 0. The van der Waals surface area contributed by atoms with E-state index in [9.17, 15) is 9.59 Å². The van der Waals surface area contributed by atoms with Crippen molar-refractivity contribution < 1.29 is 19.4 Å². The van der Waals surface area contributed by atoms with Gasteiger partial charge in [-0.3, -0.25) is 9.59 Å². The Balaban J connectivity index is 2.30. The van der Waals surface area contributed by atoms with Gasteiger partial charge < -0.3 is 20.1 Å². The van der Waals surface area contributed by atoms with E-state index in [1.165, 1.54) is 0 Å². The van der Waals surface area contributed by atoms with Gasteiger partial charge in [0, 0.05) is 6.54 Å². The van der Waals surface area contributed by atoms with Crippen molar-refractivity contribution >= 4 is 17.6 Å². The molecule has 102 valence electrons. The molecule has 0 aliphatic carbocycles. The number of carboxylic acid groups (broad SMARTS) is 1. The fourth-order valence-electron chi connectivity index (χ4n) is 2.21. The lowest BCUT2D eigenvalue weighted by molar-refractivity contribution is -0.138. The molecule has 2 rings (SSSR count). The molecule has 0 radical (unpaired) electrons. The van der Waals surface area contributed by atoms with Crippen LogP contribution in [0.4, 0.5) is 5.69 Å². The first-order valence-corrected chi connectivity index (χ1v) is 6.00. The van der Waals surface area contributed by atoms with Gasteiger partial charge >= 0.3 is 5.97 Å². The van der Waals surface area contributed by atoms with E-state index in [0.717, 1.165) is 5.69 Å². The second-order valence-electron chi connectivity index (χ2n) is 4.36. The number of amides is 1. The molecule has 1 fully saturated rings. The number of nitrogens with zero attached hydrogens (tertiary/aromatic N) is 1. The quantitative estimate of drug-likeness (QED) is 0.826. The summed E-state index contributed by atoms with van der Waals surface area (Å²) in [6.07, 6.45) is -0.0294. The number of carboxylic acids is 1. The molecule has 0 bridgehead atoms. The van der Waals surface area contributed by atoms with Gasteiger partial charge in [-0.05, 0) is 12.1 Å². The molecule has 1 atom stereocenters. The summed E-state index contributed by atoms with van der Waals surface area (Å²) in [5.41, 5.74) is 0.742. The van der Waals surface area contributed by atoms with Crippen molar-refractivity contribution in [2.75, 3.05) is 25.1 Å². The van der Waals surface area contributed by atoms with Crippen molar-refractivity contribution in [3.63, 3.8) is 0 Å². The Bertz CT molecular complexity index is 489. The van der Waals surface area contributed by atoms with Crippen LogP contribution in [0.5, 0.6) is 5.75 Å². The topological polar surface area (TPSA) is 78.9 Å². The van der Waals surface area contributed by atoms with Crippen molar-refractivity contribution in [1.82, 2.24) is 5.32 Å². The molecular weight excluding hydrogens is 248 g/mol. The van der Waals surface area contributed by atoms with Gasteiger partial charge in [-0.15, -0.1) is 0 Å². The first-order valence-electron chi connectivity index (χ1n) is 6.00. The van der Waals surface area contributed by atoms with Crippen molar-refractivity contribution in [3.05, 3.63) is 24.3 Å². The lowest BCUT2D eigenvalue weighted by atomic mass is 10.1. The molecule has 1 aliphatic rings. The largest absolute Gasteiger partial charge is 0.495 e. The number of methoxy groups -OCH3 is 1. The standard InChI is InChI=1S/C13H16N2O4/c1-19-11-5-3-2-4-10(11)15-8-12(16)14-7-9(15)6-13(17)18/h2-5,9H,6-8H2,1H3,(H,14,16)(H,17,18). The fraction of sp³-hybridized carbons (Fsp3) is 0.385. The predicted molar refractivity (Wildman–Crippen MR) is 69.4 cm³/mol. The monoisotopic (exact) mass is 264 g/mol. The Labute approximate surface area is 111 Å². The third-order valence-corrected chi connectivity index (χ3v) is 3.09. The molecule has 1 aromatic rings. The van der Waals surface area contributed by atoms with E-state index in [2.05, 4.69) is 5.32 Å². The summed E-state index contributed by atoms with van der Waals surface area (Å²) in [4.78, 5) is 24.2. The van der Waals surface area contributed by atoms with E-state index in [0.29, 0.717) is 12.3 Å². The Morgan fingerprint density at radius 2 is 2.26 bits per heavy atom. The molecule has 6 nitrogen and oxygen atoms in total. The Morgan fingerprint density at radius 1 is 1.53 bits per heavy atom. The number of para-hydroxylation sites is 2. The van der Waals surface area contributed by atoms with Crippen LogP contribution in [-0.4, -0.2) is 43.2 Å². The lowest BCUT2D eigenvalue weighted by Crippen LogP contribution is -2.55. The minimum absolute atomic E-state index is 0.0294. The molecule has 1 aliphatic heterocycles. The van der Waals surface area contributed by atoms with Gasteiger partial charge in [0.2, 0.25) is 5.91 Å². The molecule has 1 unspecified atom stereocenters. The summed E-state index contributed by atoms with van der Waals surface area (Å²) in [5, 5.41) is 11.6. The molecule has 0 saturated carbocycles. The van der Waals surface area contributed by atoms with Crippen LogP contribution in [0.25, 0.3) is 0 Å². The van der Waals surface area contributed by atoms with Crippen LogP contribution in [0.15, 0.2) is 24.3 Å². The van der Waals surface area contributed by atoms with Crippen LogP contribution >= 0.6 is 0 Å². The zero-order valence-electron chi connectivity index (χ0n) is 10.6. The third-order valence-electron chi connectivity index (χ3n) is 3.09. The van der Waals surface area contributed by atoms with Crippen molar-refractivity contribution in [2.24, 2.45) is 0 Å². The molecule has 2 N–H and O–H groups in total. The van der Waals surface area contributed by atoms with Gasteiger partial charge in [0.05, 0.1) is 31.8 Å². The lowest BCUT2D eigenvalue weighted by Gasteiger charge is -2.37. The van der Waals surface area contributed by atoms with Gasteiger partial charge in [0.15, 0.2) is 0 Å². The summed E-state index contributed by atoms with van der Waals surface area (Å²) in [6.45, 7) is 0.460. The number of carbonyl (C=O) groups excluding carboxylic acids is 1. The first-order chi connectivity index (χ1) is 9.11. The summed E-state index contributed by atoms with van der Waals surface area (Å²) < 4.78 is 5.27. The molecule has 19 heavy (non-hydrogen) atoms. The van der Waals surface area contributed by atoms with Crippen molar-refractivity contribution in [1.29, 1.82) is 0 Å². The van der Waals surface area contributed by atoms with Gasteiger partial charge in [0.25, 0.3) is 0 Å². The first kappa shape index (κ1) is 13.2. The summed E-state index contributed by atoms with van der Waals surface area (Å²) in [5.74, 6) is -0.374. The molecule has 1 heterocycles. The smallest absolute Gasteiger partial charge is 0.305 e. The number of hydrogen-bond acceptors (Lipinski definition) is 4. The van der Waals surface area contributed by atoms with Crippen LogP contribution in [0.2, 0.25) is 0 Å². The fourth-order valence-corrected chi connectivity index (χ4v) is 2.21. The number of anilines is 1. The number of carbonyl (C=O) groups is 2. The van der Waals surface area contributed by atoms with E-state index < -0.39 is 5.97 Å². The highest BCUT2D eigenvalue weighted by atomic mass is 16.5. The highest BCUT2D eigenvalue weighted by Gasteiger charge is 2.29. The molecule has 1 amide bonds. The second kappa shape index (κ2) is 5.60. The van der Waals surface area contributed by atoms with Crippen molar-refractivity contribution in [2.45, 2.75) is 12.5 Å². The van der Waals surface area contributed by atoms with Crippen LogP contribution in [0.1, 0.15) is 6.42 Å².